The van der Waals surface area contributed by atoms with E-state index in [0.29, 0.717) is 6.42 Å². The molecule has 0 aromatic rings. The van der Waals surface area contributed by atoms with Gasteiger partial charge in [0.15, 0.2) is 5.63 Å². The summed E-state index contributed by atoms with van der Waals surface area (Å²) in [7, 11) is 0. The van der Waals surface area contributed by atoms with Crippen LogP contribution in [0.15, 0.2) is 0 Å². The highest BCUT2D eigenvalue weighted by Crippen LogP contribution is 2.10. The third-order valence-electron chi connectivity index (χ3n) is 1.28. The fourth-order valence-electron chi connectivity index (χ4n) is 0.725. The molecule has 9 heavy (non-hydrogen) atoms. The smallest absolute Gasteiger partial charge is 0.173 e. The molecule has 0 saturated heterocycles. The molecule has 0 heterocycles. The number of hydrogen-bond acceptors (Lipinski definition) is 0. The molecule has 0 rings (SSSR count). The maximum Gasteiger partial charge on any atom is 0.173 e. The minimum absolute atomic E-state index is 0.515. The van der Waals surface area contributed by atoms with Gasteiger partial charge in [0.1, 0.15) is 0 Å². The van der Waals surface area contributed by atoms with Crippen LogP contribution in [0.1, 0.15) is 39.0 Å². The van der Waals surface area contributed by atoms with Crippen molar-refractivity contribution in [1.82, 2.24) is 0 Å². The lowest BCUT2D eigenvalue weighted by molar-refractivity contribution is 0.405. The molecule has 0 amide bonds. The van der Waals surface area contributed by atoms with Crippen molar-refractivity contribution in [2.45, 2.75) is 44.7 Å². The van der Waals surface area contributed by atoms with Gasteiger partial charge in [-0.25, -0.2) is 4.39 Å². The zero-order valence-corrected chi connectivity index (χ0v) is 6.62. The van der Waals surface area contributed by atoms with E-state index in [9.17, 15) is 4.39 Å². The molecule has 0 aliphatic heterocycles. The summed E-state index contributed by atoms with van der Waals surface area (Å²) in [4.78, 5) is 0. The second-order valence-corrected chi connectivity index (χ2v) is 2.71. The first-order valence-electron chi connectivity index (χ1n) is 3.55. The molecule has 0 aliphatic carbocycles. The molecular formula is C7H14ClF. The molecule has 1 unspecified atom stereocenters. The van der Waals surface area contributed by atoms with Crippen LogP contribution >= 0.6 is 11.6 Å². The Bertz CT molecular complexity index is 54.9. The molecule has 0 aromatic heterocycles. The van der Waals surface area contributed by atoms with Crippen LogP contribution in [-0.4, -0.2) is 5.63 Å². The predicted octanol–water partition coefficient (Wildman–Crippen LogP) is 3.49. The molecule has 0 spiro atoms. The zero-order valence-electron chi connectivity index (χ0n) is 5.87. The average Bonchev–Trinajstić information content (AvgIpc) is 1.80. The Hall–Kier alpha value is 0.220. The zero-order chi connectivity index (χ0) is 7.11. The molecule has 0 N–H and O–H groups in total. The van der Waals surface area contributed by atoms with Crippen LogP contribution in [-0.2, 0) is 0 Å². The number of hydrogen-bond donors (Lipinski definition) is 0. The quantitative estimate of drug-likeness (QED) is 0.418. The second kappa shape index (κ2) is 6.34. The summed E-state index contributed by atoms with van der Waals surface area (Å²) < 4.78 is 11.9. The maximum absolute atomic E-state index is 11.9. The third-order valence-corrected chi connectivity index (χ3v) is 1.49. The van der Waals surface area contributed by atoms with E-state index in [1.807, 2.05) is 0 Å². The van der Waals surface area contributed by atoms with E-state index in [-0.39, 0.29) is 0 Å². The lowest BCUT2D eigenvalue weighted by Crippen LogP contribution is -1.87. The van der Waals surface area contributed by atoms with Crippen molar-refractivity contribution >= 4 is 11.6 Å². The molecule has 0 radical (unpaired) electrons. The van der Waals surface area contributed by atoms with E-state index in [0.717, 1.165) is 12.8 Å². The highest BCUT2D eigenvalue weighted by molar-refractivity contribution is 6.19. The molecule has 0 fully saturated rings. The van der Waals surface area contributed by atoms with Gasteiger partial charge in [-0.1, -0.05) is 37.8 Å². The lowest BCUT2D eigenvalue weighted by Gasteiger charge is -1.97. The van der Waals surface area contributed by atoms with Crippen molar-refractivity contribution in [1.29, 1.82) is 0 Å². The second-order valence-electron chi connectivity index (χ2n) is 2.24. The van der Waals surface area contributed by atoms with E-state index >= 15 is 0 Å². The Morgan fingerprint density at radius 3 is 2.44 bits per heavy atom. The molecule has 56 valence electrons. The summed E-state index contributed by atoms with van der Waals surface area (Å²) >= 11 is 5.09. The predicted molar refractivity (Wildman–Crippen MR) is 39.5 cm³/mol. The average molecular weight is 153 g/mol. The van der Waals surface area contributed by atoms with Crippen LogP contribution in [0.5, 0.6) is 0 Å². The highest BCUT2D eigenvalue weighted by Gasteiger charge is 1.97. The maximum atomic E-state index is 11.9. The van der Waals surface area contributed by atoms with Gasteiger partial charge in [0.05, 0.1) is 0 Å². The van der Waals surface area contributed by atoms with Crippen LogP contribution in [0.3, 0.4) is 0 Å². The normalized spacial score (nSPS) is 13.7. The number of unbranched alkanes of at least 4 members (excludes halogenated alkanes) is 3. The van der Waals surface area contributed by atoms with Gasteiger partial charge in [0, 0.05) is 0 Å². The topological polar surface area (TPSA) is 0 Å². The minimum atomic E-state index is -1.12. The van der Waals surface area contributed by atoms with E-state index < -0.39 is 5.63 Å². The summed E-state index contributed by atoms with van der Waals surface area (Å²) in [6.45, 7) is 2.13. The molecule has 0 aromatic carbocycles. The van der Waals surface area contributed by atoms with Crippen molar-refractivity contribution < 1.29 is 4.39 Å². The molecule has 0 nitrogen and oxygen atoms in total. The van der Waals surface area contributed by atoms with Crippen LogP contribution in [0.2, 0.25) is 0 Å². The highest BCUT2D eigenvalue weighted by atomic mass is 35.5. The van der Waals surface area contributed by atoms with E-state index in [4.69, 9.17) is 11.6 Å². The van der Waals surface area contributed by atoms with Gasteiger partial charge in [-0.2, -0.15) is 0 Å². The van der Waals surface area contributed by atoms with Gasteiger partial charge < -0.3 is 0 Å². The van der Waals surface area contributed by atoms with E-state index in [1.165, 1.54) is 12.8 Å². The number of rotatable bonds is 5. The first-order valence-corrected chi connectivity index (χ1v) is 3.99. The monoisotopic (exact) mass is 152 g/mol. The van der Waals surface area contributed by atoms with Crippen LogP contribution in [0.25, 0.3) is 0 Å². The Labute approximate surface area is 61.4 Å². The molecule has 1 atom stereocenters. The van der Waals surface area contributed by atoms with Crippen molar-refractivity contribution in [2.24, 2.45) is 0 Å². The third kappa shape index (κ3) is 8.22. The molecular weight excluding hydrogens is 139 g/mol. The Balaban J connectivity index is 2.75. The van der Waals surface area contributed by atoms with Crippen LogP contribution in [0, 0.1) is 0 Å². The summed E-state index contributed by atoms with van der Waals surface area (Å²) in [5.41, 5.74) is -1.12. The van der Waals surface area contributed by atoms with Gasteiger partial charge in [-0.05, 0) is 12.8 Å². The van der Waals surface area contributed by atoms with Gasteiger partial charge in [0.2, 0.25) is 0 Å². The Morgan fingerprint density at radius 2 is 2.00 bits per heavy atom. The largest absolute Gasteiger partial charge is 0.230 e. The van der Waals surface area contributed by atoms with Crippen molar-refractivity contribution in [3.05, 3.63) is 0 Å². The Kier molecular flexibility index (Phi) is 6.50. The fourth-order valence-corrected chi connectivity index (χ4v) is 0.880. The standard InChI is InChI=1S/C7H14ClF/c1-2-3-4-5-6-7(8)9/h7H,2-6H2,1H3. The molecule has 0 saturated carbocycles. The molecule has 0 aliphatic rings. The molecule has 2 heteroatoms. The van der Waals surface area contributed by atoms with E-state index in [1.54, 1.807) is 0 Å². The van der Waals surface area contributed by atoms with Gasteiger partial charge >= 0.3 is 0 Å². The van der Waals surface area contributed by atoms with Crippen molar-refractivity contribution in [3.63, 3.8) is 0 Å². The van der Waals surface area contributed by atoms with Crippen LogP contribution < -0.4 is 0 Å². The summed E-state index contributed by atoms with van der Waals surface area (Å²) in [6.07, 6.45) is 4.95. The summed E-state index contributed by atoms with van der Waals surface area (Å²) in [5, 5.41) is 0. The fraction of sp³-hybridized carbons (Fsp3) is 1.00. The molecule has 0 bridgehead atoms. The first-order chi connectivity index (χ1) is 4.27. The van der Waals surface area contributed by atoms with Gasteiger partial charge in [-0.3, -0.25) is 0 Å². The lowest BCUT2D eigenvalue weighted by atomic mass is 10.2. The van der Waals surface area contributed by atoms with Gasteiger partial charge in [0.25, 0.3) is 0 Å². The van der Waals surface area contributed by atoms with Crippen LogP contribution in [0.4, 0.5) is 4.39 Å². The number of alkyl halides is 2. The summed E-state index contributed by atoms with van der Waals surface area (Å²) in [5.74, 6) is 0. The summed E-state index contributed by atoms with van der Waals surface area (Å²) in [6, 6.07) is 0. The van der Waals surface area contributed by atoms with Crippen molar-refractivity contribution in [3.8, 4) is 0 Å². The van der Waals surface area contributed by atoms with Crippen molar-refractivity contribution in [2.75, 3.05) is 0 Å². The van der Waals surface area contributed by atoms with E-state index in [2.05, 4.69) is 6.92 Å². The minimum Gasteiger partial charge on any atom is -0.230 e. The Morgan fingerprint density at radius 1 is 1.33 bits per heavy atom. The SMILES string of the molecule is CCCCCCC(F)Cl. The number of halogens is 2. The van der Waals surface area contributed by atoms with Gasteiger partial charge in [-0.15, -0.1) is 0 Å². The first kappa shape index (κ1) is 9.22.